The molecule has 3 aromatic carbocycles. The summed E-state index contributed by atoms with van der Waals surface area (Å²) in [5, 5.41) is 23.2. The summed E-state index contributed by atoms with van der Waals surface area (Å²) in [5.74, 6) is -0.108. The molecule has 0 fully saturated rings. The summed E-state index contributed by atoms with van der Waals surface area (Å²) in [7, 11) is 0. The van der Waals surface area contributed by atoms with Gasteiger partial charge in [-0.3, -0.25) is 5.41 Å². The van der Waals surface area contributed by atoms with E-state index >= 15 is 0 Å². The van der Waals surface area contributed by atoms with Crippen molar-refractivity contribution in [1.82, 2.24) is 0 Å². The number of nitrogens with one attached hydrogen (secondary N) is 1. The van der Waals surface area contributed by atoms with Crippen LogP contribution in [0, 0.1) is 5.41 Å². The van der Waals surface area contributed by atoms with Gasteiger partial charge in [0.05, 0.1) is 11.3 Å². The SMILES string of the molecule is N=C(N)c1ccc2cc(OC(=O)c3ccc(N=C(N)N)cc3)ccc2c1.O=C(O)O. The van der Waals surface area contributed by atoms with Crippen molar-refractivity contribution in [2.24, 2.45) is 22.2 Å². The van der Waals surface area contributed by atoms with Crippen molar-refractivity contribution in [1.29, 1.82) is 5.41 Å². The minimum atomic E-state index is -1.83. The quantitative estimate of drug-likeness (QED) is 0.163. The van der Waals surface area contributed by atoms with E-state index in [1.165, 1.54) is 0 Å². The second-order valence-corrected chi connectivity index (χ2v) is 5.89. The van der Waals surface area contributed by atoms with E-state index in [0.29, 0.717) is 22.6 Å². The first-order valence-corrected chi connectivity index (χ1v) is 8.37. The number of amidine groups is 1. The van der Waals surface area contributed by atoms with Crippen molar-refractivity contribution < 1.29 is 24.5 Å². The fourth-order valence-corrected chi connectivity index (χ4v) is 2.44. The van der Waals surface area contributed by atoms with Crippen molar-refractivity contribution in [2.45, 2.75) is 0 Å². The normalized spacial score (nSPS) is 9.73. The molecular weight excluding hydrogens is 390 g/mol. The standard InChI is InChI=1S/C19H17N5O2.CH2O3/c20-17(21)14-2-1-13-10-16(8-5-12(13)9-14)26-18(25)11-3-6-15(7-4-11)24-19(22)23;2-1(3)4/h1-10H,(H3,20,21)(H4,22,23,24);(H2,2,3,4). The molecule has 10 nitrogen and oxygen atoms in total. The lowest BCUT2D eigenvalue weighted by Gasteiger charge is -2.07. The van der Waals surface area contributed by atoms with Gasteiger partial charge >= 0.3 is 12.1 Å². The molecule has 3 aromatic rings. The third-order valence-corrected chi connectivity index (χ3v) is 3.69. The number of nitrogen functional groups attached to an aromatic ring is 1. The van der Waals surface area contributed by atoms with Gasteiger partial charge < -0.3 is 32.2 Å². The van der Waals surface area contributed by atoms with Crippen LogP contribution in [0.1, 0.15) is 15.9 Å². The third-order valence-electron chi connectivity index (χ3n) is 3.69. The zero-order chi connectivity index (χ0) is 22.3. The van der Waals surface area contributed by atoms with E-state index in [1.807, 2.05) is 18.2 Å². The van der Waals surface area contributed by atoms with Crippen LogP contribution >= 0.6 is 0 Å². The van der Waals surface area contributed by atoms with Crippen LogP contribution in [0.15, 0.2) is 65.7 Å². The van der Waals surface area contributed by atoms with Crippen molar-refractivity contribution in [3.05, 3.63) is 71.8 Å². The number of hydrogen-bond donors (Lipinski definition) is 6. The second kappa shape index (κ2) is 9.55. The summed E-state index contributed by atoms with van der Waals surface area (Å²) in [4.78, 5) is 24.7. The van der Waals surface area contributed by atoms with Gasteiger partial charge in [-0.2, -0.15) is 0 Å². The van der Waals surface area contributed by atoms with E-state index in [-0.39, 0.29) is 11.8 Å². The molecule has 0 bridgehead atoms. The van der Waals surface area contributed by atoms with Crippen molar-refractivity contribution in [3.63, 3.8) is 0 Å². The van der Waals surface area contributed by atoms with Gasteiger partial charge in [-0.1, -0.05) is 18.2 Å². The highest BCUT2D eigenvalue weighted by Crippen LogP contribution is 2.23. The molecule has 30 heavy (non-hydrogen) atoms. The van der Waals surface area contributed by atoms with E-state index in [1.54, 1.807) is 42.5 Å². The Morgan fingerprint density at radius 1 is 0.833 bits per heavy atom. The molecule has 0 aliphatic rings. The van der Waals surface area contributed by atoms with Crippen LogP contribution in [0.3, 0.4) is 0 Å². The monoisotopic (exact) mass is 409 g/mol. The van der Waals surface area contributed by atoms with Crippen LogP contribution in [-0.2, 0) is 0 Å². The minimum Gasteiger partial charge on any atom is -0.450 e. The minimum absolute atomic E-state index is 0.00609. The number of nitrogens with zero attached hydrogens (tertiary/aromatic N) is 1. The second-order valence-electron chi connectivity index (χ2n) is 5.89. The molecule has 10 heteroatoms. The lowest BCUT2D eigenvalue weighted by molar-refractivity contribution is 0.0735. The lowest BCUT2D eigenvalue weighted by atomic mass is 10.1. The van der Waals surface area contributed by atoms with Crippen LogP contribution < -0.4 is 21.9 Å². The number of aliphatic imine (C=N–C) groups is 1. The molecule has 154 valence electrons. The summed E-state index contributed by atoms with van der Waals surface area (Å²) in [6.07, 6.45) is -1.83. The summed E-state index contributed by atoms with van der Waals surface area (Å²) >= 11 is 0. The topological polar surface area (TPSA) is 198 Å². The highest BCUT2D eigenvalue weighted by molar-refractivity contribution is 5.99. The number of rotatable bonds is 4. The van der Waals surface area contributed by atoms with Crippen LogP contribution in [0.4, 0.5) is 10.5 Å². The molecule has 9 N–H and O–H groups in total. The van der Waals surface area contributed by atoms with Gasteiger partial charge in [-0.05, 0) is 53.2 Å². The zero-order valence-electron chi connectivity index (χ0n) is 15.6. The molecule has 0 radical (unpaired) electrons. The molecule has 3 rings (SSSR count). The number of carbonyl (C=O) groups excluding carboxylic acids is 1. The maximum Gasteiger partial charge on any atom is 0.503 e. The highest BCUT2D eigenvalue weighted by atomic mass is 16.6. The van der Waals surface area contributed by atoms with Crippen LogP contribution in [0.25, 0.3) is 10.8 Å². The van der Waals surface area contributed by atoms with Gasteiger partial charge in [0.15, 0.2) is 5.96 Å². The van der Waals surface area contributed by atoms with Gasteiger partial charge in [-0.25, -0.2) is 14.6 Å². The number of carbonyl (C=O) groups is 2. The average molecular weight is 409 g/mol. The van der Waals surface area contributed by atoms with Crippen molar-refractivity contribution in [3.8, 4) is 5.75 Å². The van der Waals surface area contributed by atoms with Crippen LogP contribution in [-0.4, -0.2) is 34.1 Å². The number of hydrogen-bond acceptors (Lipinski definition) is 5. The number of benzene rings is 3. The first kappa shape index (κ1) is 21.7. The number of nitrogens with two attached hydrogens (primary N) is 3. The molecule has 0 unspecified atom stereocenters. The molecular formula is C20H19N5O5. The van der Waals surface area contributed by atoms with E-state index < -0.39 is 12.1 Å². The largest absolute Gasteiger partial charge is 0.503 e. The predicted octanol–water partition coefficient (Wildman–Crippen LogP) is 2.47. The molecule has 0 atom stereocenters. The highest BCUT2D eigenvalue weighted by Gasteiger charge is 2.09. The third kappa shape index (κ3) is 6.23. The zero-order valence-corrected chi connectivity index (χ0v) is 15.6. The molecule has 0 saturated heterocycles. The average Bonchev–Trinajstić information content (AvgIpc) is 2.67. The fraction of sp³-hybridized carbons (Fsp3) is 0. The first-order valence-electron chi connectivity index (χ1n) is 8.37. The van der Waals surface area contributed by atoms with E-state index in [2.05, 4.69) is 4.99 Å². The molecule has 0 saturated carbocycles. The van der Waals surface area contributed by atoms with Crippen LogP contribution in [0.5, 0.6) is 5.75 Å². The Kier molecular flexibility index (Phi) is 6.91. The van der Waals surface area contributed by atoms with E-state index in [4.69, 9.17) is 42.4 Å². The van der Waals surface area contributed by atoms with Crippen molar-refractivity contribution in [2.75, 3.05) is 0 Å². The molecule has 0 aliphatic carbocycles. The summed E-state index contributed by atoms with van der Waals surface area (Å²) < 4.78 is 5.42. The smallest absolute Gasteiger partial charge is 0.450 e. The van der Waals surface area contributed by atoms with Gasteiger partial charge in [0.25, 0.3) is 0 Å². The summed E-state index contributed by atoms with van der Waals surface area (Å²) in [6.45, 7) is 0. The number of ether oxygens (including phenoxy) is 1. The predicted molar refractivity (Wildman–Crippen MR) is 112 cm³/mol. The van der Waals surface area contributed by atoms with Crippen molar-refractivity contribution >= 4 is 40.4 Å². The Morgan fingerprint density at radius 3 is 1.93 bits per heavy atom. The van der Waals surface area contributed by atoms with Crippen LogP contribution in [0.2, 0.25) is 0 Å². The van der Waals surface area contributed by atoms with Gasteiger partial charge in [-0.15, -0.1) is 0 Å². The molecule has 0 heterocycles. The Hall–Kier alpha value is -4.60. The molecule has 0 amide bonds. The lowest BCUT2D eigenvalue weighted by Crippen LogP contribution is -2.21. The first-order chi connectivity index (χ1) is 14.2. The maximum absolute atomic E-state index is 12.3. The molecule has 0 aliphatic heterocycles. The Labute approximate surface area is 170 Å². The van der Waals surface area contributed by atoms with Gasteiger partial charge in [0, 0.05) is 5.56 Å². The van der Waals surface area contributed by atoms with Gasteiger partial charge in [0.2, 0.25) is 0 Å². The van der Waals surface area contributed by atoms with E-state index in [0.717, 1.165) is 10.8 Å². The number of fused-ring (bicyclic) bond motifs is 1. The molecule has 0 spiro atoms. The Balaban J connectivity index is 0.000000735. The number of carboxylic acid groups (broad SMARTS) is 2. The van der Waals surface area contributed by atoms with Gasteiger partial charge in [0.1, 0.15) is 11.6 Å². The summed E-state index contributed by atoms with van der Waals surface area (Å²) in [6, 6.07) is 17.1. The summed E-state index contributed by atoms with van der Waals surface area (Å²) in [5.41, 5.74) is 17.7. The fourth-order valence-electron chi connectivity index (χ4n) is 2.44. The molecule has 0 aromatic heterocycles. The Morgan fingerprint density at radius 2 is 1.37 bits per heavy atom. The number of esters is 1. The van der Waals surface area contributed by atoms with E-state index in [9.17, 15) is 4.79 Å². The maximum atomic E-state index is 12.3. The number of guanidine groups is 1. The Bertz CT molecular complexity index is 1120.